The number of rotatable bonds is 14. The zero-order valence-corrected chi connectivity index (χ0v) is 26.1. The fourth-order valence-electron chi connectivity index (χ4n) is 5.48. The highest BCUT2D eigenvalue weighted by Crippen LogP contribution is 2.33. The van der Waals surface area contributed by atoms with E-state index < -0.39 is 24.3 Å². The molecule has 8 nitrogen and oxygen atoms in total. The van der Waals surface area contributed by atoms with Crippen molar-refractivity contribution in [1.82, 2.24) is 0 Å². The quantitative estimate of drug-likeness (QED) is 0.0715. The number of benzene rings is 1. The summed E-state index contributed by atoms with van der Waals surface area (Å²) in [5.74, 6) is -1.12. The highest BCUT2D eigenvalue weighted by Gasteiger charge is 2.47. The summed E-state index contributed by atoms with van der Waals surface area (Å²) < 4.78 is 35.8. The van der Waals surface area contributed by atoms with Gasteiger partial charge in [0.2, 0.25) is 0 Å². The number of allylic oxidation sites excluding steroid dienone is 1. The Bertz CT molecular complexity index is 1060. The SMILES string of the molecule is COC(=O)C(CC=C=CC[C@H]1C(=O)CC[C@@H]1/C=C/CCOc1ccc(Br)cc1)(OC1CCCCO1)OC1CCCCO1. The molecule has 2 saturated heterocycles. The molecule has 0 spiro atoms. The summed E-state index contributed by atoms with van der Waals surface area (Å²) >= 11 is 3.42. The second-order valence-electron chi connectivity index (χ2n) is 10.9. The standard InChI is InChI=1S/C33H43BrO8/c1-37-32(36)33(41-30-13-5-9-23-39-30,42-31-14-6-10-24-40-31)21-7-2-3-12-28-25(15-20-29(28)35)11-4-8-22-38-27-18-16-26(34)17-19-27/h3-4,7,11,16-19,25,28,30-31H,5-6,8-10,12-15,20-24H2,1H3/b11-4+/t2?,25-,28+,30?,31?,33?/m0/s1. The third kappa shape index (κ3) is 9.90. The lowest BCUT2D eigenvalue weighted by molar-refractivity contribution is -0.350. The molecule has 2 aliphatic heterocycles. The molecule has 1 saturated carbocycles. The zero-order chi connectivity index (χ0) is 29.6. The van der Waals surface area contributed by atoms with E-state index in [4.69, 9.17) is 28.4 Å². The minimum Gasteiger partial charge on any atom is -0.493 e. The molecule has 0 bridgehead atoms. The summed E-state index contributed by atoms with van der Waals surface area (Å²) in [7, 11) is 1.32. The Hall–Kier alpha value is -2.26. The van der Waals surface area contributed by atoms with Crippen LogP contribution in [-0.2, 0) is 33.3 Å². The summed E-state index contributed by atoms with van der Waals surface area (Å²) in [6.45, 7) is 1.72. The highest BCUT2D eigenvalue weighted by molar-refractivity contribution is 9.10. The summed E-state index contributed by atoms with van der Waals surface area (Å²) in [5, 5.41) is 0. The number of ketones is 1. The lowest BCUT2D eigenvalue weighted by Gasteiger charge is -2.38. The minimum atomic E-state index is -1.70. The first-order valence-electron chi connectivity index (χ1n) is 15.1. The van der Waals surface area contributed by atoms with Crippen molar-refractivity contribution in [2.24, 2.45) is 11.8 Å². The fraction of sp³-hybridized carbons (Fsp3) is 0.606. The van der Waals surface area contributed by atoms with Crippen molar-refractivity contribution >= 4 is 27.7 Å². The molecular formula is C33H43BrO8. The van der Waals surface area contributed by atoms with E-state index in [1.165, 1.54) is 7.11 Å². The van der Waals surface area contributed by atoms with Crippen LogP contribution >= 0.6 is 15.9 Å². The molecule has 42 heavy (non-hydrogen) atoms. The molecule has 0 radical (unpaired) electrons. The van der Waals surface area contributed by atoms with Crippen LogP contribution in [0.5, 0.6) is 5.75 Å². The van der Waals surface area contributed by atoms with E-state index in [1.54, 1.807) is 6.08 Å². The second-order valence-corrected chi connectivity index (χ2v) is 11.8. The van der Waals surface area contributed by atoms with Crippen molar-refractivity contribution < 1.29 is 38.0 Å². The van der Waals surface area contributed by atoms with Crippen molar-refractivity contribution in [3.63, 3.8) is 0 Å². The van der Waals surface area contributed by atoms with Crippen LogP contribution in [0, 0.1) is 11.8 Å². The molecule has 0 N–H and O–H groups in total. The van der Waals surface area contributed by atoms with E-state index >= 15 is 0 Å². The first-order chi connectivity index (χ1) is 20.5. The predicted octanol–water partition coefficient (Wildman–Crippen LogP) is 6.82. The van der Waals surface area contributed by atoms with Crippen molar-refractivity contribution in [3.8, 4) is 5.75 Å². The van der Waals surface area contributed by atoms with Gasteiger partial charge in [-0.25, -0.2) is 4.79 Å². The second kappa shape index (κ2) is 17.1. The highest BCUT2D eigenvalue weighted by atomic mass is 79.9. The van der Waals surface area contributed by atoms with Crippen molar-refractivity contribution in [1.29, 1.82) is 0 Å². The molecule has 2 heterocycles. The van der Waals surface area contributed by atoms with Gasteiger partial charge in [0.1, 0.15) is 11.5 Å². The molecule has 1 aromatic rings. The first kappa shape index (κ1) is 32.6. The van der Waals surface area contributed by atoms with Gasteiger partial charge in [-0.15, -0.1) is 5.73 Å². The van der Waals surface area contributed by atoms with Gasteiger partial charge in [-0.2, -0.15) is 0 Å². The Kier molecular flexibility index (Phi) is 13.3. The average molecular weight is 648 g/mol. The summed E-state index contributed by atoms with van der Waals surface area (Å²) in [4.78, 5) is 25.7. The maximum absolute atomic E-state index is 13.1. The Labute approximate surface area is 257 Å². The van der Waals surface area contributed by atoms with Crippen LogP contribution in [0.25, 0.3) is 0 Å². The number of hydrogen-bond donors (Lipinski definition) is 0. The Morgan fingerprint density at radius 2 is 1.71 bits per heavy atom. The fourth-order valence-corrected chi connectivity index (χ4v) is 5.75. The summed E-state index contributed by atoms with van der Waals surface area (Å²) in [6.07, 6.45) is 14.7. The van der Waals surface area contributed by atoms with Gasteiger partial charge in [-0.1, -0.05) is 28.1 Å². The average Bonchev–Trinajstić information content (AvgIpc) is 3.36. The van der Waals surface area contributed by atoms with Gasteiger partial charge in [0.05, 0.1) is 13.7 Å². The van der Waals surface area contributed by atoms with Crippen molar-refractivity contribution in [2.45, 2.75) is 89.0 Å². The molecule has 2 unspecified atom stereocenters. The monoisotopic (exact) mass is 646 g/mol. The Balaban J connectivity index is 1.34. The maximum atomic E-state index is 13.1. The van der Waals surface area contributed by atoms with Gasteiger partial charge < -0.3 is 28.4 Å². The van der Waals surface area contributed by atoms with Gasteiger partial charge >= 0.3 is 5.97 Å². The van der Waals surface area contributed by atoms with Crippen molar-refractivity contribution in [2.75, 3.05) is 26.9 Å². The first-order valence-corrected chi connectivity index (χ1v) is 15.9. The molecule has 4 rings (SSSR count). The molecule has 1 aromatic carbocycles. The van der Waals surface area contributed by atoms with E-state index in [0.717, 1.165) is 48.7 Å². The van der Waals surface area contributed by atoms with Crippen LogP contribution in [0.4, 0.5) is 0 Å². The Morgan fingerprint density at radius 3 is 2.33 bits per heavy atom. The summed E-state index contributed by atoms with van der Waals surface area (Å²) in [6, 6.07) is 7.77. The van der Waals surface area contributed by atoms with Crippen LogP contribution in [0.15, 0.2) is 58.8 Å². The van der Waals surface area contributed by atoms with Crippen LogP contribution in [0.2, 0.25) is 0 Å². The maximum Gasteiger partial charge on any atom is 0.367 e. The third-order valence-electron chi connectivity index (χ3n) is 7.80. The molecule has 230 valence electrons. The Morgan fingerprint density at radius 1 is 1.02 bits per heavy atom. The summed E-state index contributed by atoms with van der Waals surface area (Å²) in [5.41, 5.74) is 3.16. The van der Waals surface area contributed by atoms with E-state index in [-0.39, 0.29) is 24.0 Å². The van der Waals surface area contributed by atoms with E-state index in [9.17, 15) is 9.59 Å². The number of carbonyl (C=O) groups is 2. The number of hydrogen-bond acceptors (Lipinski definition) is 8. The number of Topliss-reactive ketones (excluding diaryl/α,β-unsaturated/α-hetero) is 1. The molecule has 0 aromatic heterocycles. The number of esters is 1. The molecule has 3 fully saturated rings. The lowest BCUT2D eigenvalue weighted by Crippen LogP contribution is -2.51. The molecule has 0 amide bonds. The van der Waals surface area contributed by atoms with Gasteiger partial charge in [0.25, 0.3) is 5.79 Å². The van der Waals surface area contributed by atoms with Gasteiger partial charge in [-0.05, 0) is 100 Å². The smallest absolute Gasteiger partial charge is 0.367 e. The topological polar surface area (TPSA) is 89.5 Å². The van der Waals surface area contributed by atoms with Crippen LogP contribution in [0.1, 0.15) is 70.6 Å². The van der Waals surface area contributed by atoms with Crippen LogP contribution in [0.3, 0.4) is 0 Å². The largest absolute Gasteiger partial charge is 0.493 e. The predicted molar refractivity (Wildman–Crippen MR) is 161 cm³/mol. The van der Waals surface area contributed by atoms with Gasteiger partial charge in [0.15, 0.2) is 12.6 Å². The molecule has 3 aliphatic rings. The zero-order valence-electron chi connectivity index (χ0n) is 24.5. The lowest BCUT2D eigenvalue weighted by atomic mass is 9.91. The van der Waals surface area contributed by atoms with E-state index in [0.29, 0.717) is 45.5 Å². The van der Waals surface area contributed by atoms with Crippen molar-refractivity contribution in [3.05, 3.63) is 58.8 Å². The number of ether oxygens (including phenoxy) is 6. The minimum absolute atomic E-state index is 0.0796. The van der Waals surface area contributed by atoms with E-state index in [2.05, 4.69) is 33.8 Å². The third-order valence-corrected chi connectivity index (χ3v) is 8.33. The molecule has 1 aliphatic carbocycles. The van der Waals surface area contributed by atoms with E-state index in [1.807, 2.05) is 30.3 Å². The molecule has 4 atom stereocenters. The number of carbonyl (C=O) groups excluding carboxylic acids is 2. The molecular weight excluding hydrogens is 604 g/mol. The van der Waals surface area contributed by atoms with Crippen LogP contribution in [-0.4, -0.2) is 57.1 Å². The number of methoxy groups -OCH3 is 1. The van der Waals surface area contributed by atoms with Crippen LogP contribution < -0.4 is 4.74 Å². The number of halogens is 1. The normalized spacial score (nSPS) is 25.9. The molecule has 9 heteroatoms. The van der Waals surface area contributed by atoms with Gasteiger partial charge in [-0.3, -0.25) is 4.79 Å². The van der Waals surface area contributed by atoms with Gasteiger partial charge in [0, 0.05) is 36.4 Å².